The SMILES string of the molecule is CC(C)(N)Cc1cc(F)c(Br)c(Cl)c1. The van der Waals surface area contributed by atoms with E-state index in [1.165, 1.54) is 6.07 Å². The van der Waals surface area contributed by atoms with Crippen molar-refractivity contribution in [1.29, 1.82) is 0 Å². The molecule has 0 saturated heterocycles. The van der Waals surface area contributed by atoms with Gasteiger partial charge in [0, 0.05) is 5.54 Å². The molecule has 14 heavy (non-hydrogen) atoms. The minimum atomic E-state index is -0.358. The smallest absolute Gasteiger partial charge is 0.139 e. The molecule has 0 aliphatic rings. The predicted octanol–water partition coefficient (Wildman–Crippen LogP) is 3.52. The van der Waals surface area contributed by atoms with Crippen molar-refractivity contribution in [3.8, 4) is 0 Å². The van der Waals surface area contributed by atoms with E-state index in [0.717, 1.165) is 5.56 Å². The molecule has 0 heterocycles. The van der Waals surface area contributed by atoms with Crippen molar-refractivity contribution >= 4 is 27.5 Å². The van der Waals surface area contributed by atoms with Gasteiger partial charge in [-0.05, 0) is 53.9 Å². The Morgan fingerprint density at radius 3 is 2.50 bits per heavy atom. The van der Waals surface area contributed by atoms with Gasteiger partial charge in [-0.25, -0.2) is 4.39 Å². The van der Waals surface area contributed by atoms with Crippen LogP contribution < -0.4 is 5.73 Å². The molecule has 0 amide bonds. The number of benzene rings is 1. The van der Waals surface area contributed by atoms with Crippen molar-refractivity contribution in [2.45, 2.75) is 25.8 Å². The average molecular weight is 281 g/mol. The highest BCUT2D eigenvalue weighted by Crippen LogP contribution is 2.27. The fraction of sp³-hybridized carbons (Fsp3) is 0.400. The lowest BCUT2D eigenvalue weighted by atomic mass is 9.96. The lowest BCUT2D eigenvalue weighted by Crippen LogP contribution is -2.34. The van der Waals surface area contributed by atoms with E-state index in [-0.39, 0.29) is 11.4 Å². The molecule has 4 heteroatoms. The Bertz CT molecular complexity index is 323. The molecule has 1 rings (SSSR count). The Kier molecular flexibility index (Phi) is 3.56. The molecule has 78 valence electrons. The molecule has 0 unspecified atom stereocenters. The minimum Gasteiger partial charge on any atom is -0.325 e. The van der Waals surface area contributed by atoms with E-state index < -0.39 is 0 Å². The molecule has 0 aromatic heterocycles. The van der Waals surface area contributed by atoms with E-state index in [1.807, 2.05) is 13.8 Å². The quantitative estimate of drug-likeness (QED) is 0.824. The summed E-state index contributed by atoms with van der Waals surface area (Å²) in [5.74, 6) is -0.350. The molecular formula is C10H12BrClFN. The van der Waals surface area contributed by atoms with Gasteiger partial charge in [-0.15, -0.1) is 0 Å². The topological polar surface area (TPSA) is 26.0 Å². The summed E-state index contributed by atoms with van der Waals surface area (Å²) in [6.45, 7) is 3.78. The van der Waals surface area contributed by atoms with Gasteiger partial charge < -0.3 is 5.73 Å². The van der Waals surface area contributed by atoms with Crippen LogP contribution in [0.2, 0.25) is 5.02 Å². The summed E-state index contributed by atoms with van der Waals surface area (Å²) in [6, 6.07) is 3.17. The Labute approximate surface area is 96.6 Å². The fourth-order valence-corrected chi connectivity index (χ4v) is 1.70. The zero-order valence-corrected chi connectivity index (χ0v) is 10.4. The van der Waals surface area contributed by atoms with Crippen LogP contribution in [0.25, 0.3) is 0 Å². The van der Waals surface area contributed by atoms with Crippen LogP contribution in [0.5, 0.6) is 0 Å². The third-order valence-corrected chi connectivity index (χ3v) is 3.04. The van der Waals surface area contributed by atoms with E-state index in [0.29, 0.717) is 15.9 Å². The fourth-order valence-electron chi connectivity index (χ4n) is 1.24. The van der Waals surface area contributed by atoms with Crippen LogP contribution in [-0.2, 0) is 6.42 Å². The number of hydrogen-bond donors (Lipinski definition) is 1. The number of halogens is 3. The average Bonchev–Trinajstić information content (AvgIpc) is 1.96. The first-order chi connectivity index (χ1) is 6.29. The van der Waals surface area contributed by atoms with Gasteiger partial charge >= 0.3 is 0 Å². The standard InChI is InChI=1S/C10H12BrClFN/c1-10(2,14)5-6-3-7(12)9(11)8(13)4-6/h3-4H,5,14H2,1-2H3. The van der Waals surface area contributed by atoms with E-state index in [4.69, 9.17) is 17.3 Å². The molecule has 1 aromatic rings. The molecule has 0 aliphatic heterocycles. The summed E-state index contributed by atoms with van der Waals surface area (Å²) in [6.07, 6.45) is 0.594. The first kappa shape index (κ1) is 12.0. The first-order valence-corrected chi connectivity index (χ1v) is 5.39. The molecule has 0 atom stereocenters. The van der Waals surface area contributed by atoms with Crippen molar-refractivity contribution in [3.63, 3.8) is 0 Å². The molecule has 0 saturated carbocycles. The van der Waals surface area contributed by atoms with Gasteiger partial charge in [-0.2, -0.15) is 0 Å². The maximum Gasteiger partial charge on any atom is 0.139 e. The highest BCUT2D eigenvalue weighted by Gasteiger charge is 2.14. The van der Waals surface area contributed by atoms with Crippen LogP contribution in [0.15, 0.2) is 16.6 Å². The highest BCUT2D eigenvalue weighted by atomic mass is 79.9. The first-order valence-electron chi connectivity index (χ1n) is 4.22. The summed E-state index contributed by atoms with van der Waals surface area (Å²) >= 11 is 8.87. The Balaban J connectivity index is 3.02. The van der Waals surface area contributed by atoms with Gasteiger partial charge in [-0.3, -0.25) is 0 Å². The zero-order chi connectivity index (χ0) is 10.9. The molecular weight excluding hydrogens is 268 g/mol. The van der Waals surface area contributed by atoms with Gasteiger partial charge in [0.05, 0.1) is 9.50 Å². The molecule has 0 aliphatic carbocycles. The summed E-state index contributed by atoms with van der Waals surface area (Å²) in [7, 11) is 0. The van der Waals surface area contributed by atoms with Gasteiger partial charge in [0.15, 0.2) is 0 Å². The maximum atomic E-state index is 13.2. The third-order valence-electron chi connectivity index (χ3n) is 1.70. The van der Waals surface area contributed by atoms with Gasteiger partial charge in [-0.1, -0.05) is 11.6 Å². The van der Waals surface area contributed by atoms with Crippen LogP contribution in [0.1, 0.15) is 19.4 Å². The second-order valence-corrected chi connectivity index (χ2v) is 5.24. The lowest BCUT2D eigenvalue weighted by molar-refractivity contribution is 0.514. The van der Waals surface area contributed by atoms with Crippen molar-refractivity contribution in [1.82, 2.24) is 0 Å². The summed E-state index contributed by atoms with van der Waals surface area (Å²) in [5, 5.41) is 0.379. The van der Waals surface area contributed by atoms with Crippen molar-refractivity contribution < 1.29 is 4.39 Å². The highest BCUT2D eigenvalue weighted by molar-refractivity contribution is 9.10. The van der Waals surface area contributed by atoms with Crippen LogP contribution in [0, 0.1) is 5.82 Å². The lowest BCUT2D eigenvalue weighted by Gasteiger charge is -2.18. The second kappa shape index (κ2) is 4.17. The van der Waals surface area contributed by atoms with Gasteiger partial charge in [0.1, 0.15) is 5.82 Å². The zero-order valence-electron chi connectivity index (χ0n) is 8.07. The Morgan fingerprint density at radius 1 is 1.50 bits per heavy atom. The van der Waals surface area contributed by atoms with Crippen LogP contribution in [0.3, 0.4) is 0 Å². The molecule has 2 N–H and O–H groups in total. The number of hydrogen-bond acceptors (Lipinski definition) is 1. The van der Waals surface area contributed by atoms with Crippen molar-refractivity contribution in [2.75, 3.05) is 0 Å². The van der Waals surface area contributed by atoms with Crippen LogP contribution in [0.4, 0.5) is 4.39 Å². The van der Waals surface area contributed by atoms with Gasteiger partial charge in [0.25, 0.3) is 0 Å². The molecule has 0 radical (unpaired) electrons. The van der Waals surface area contributed by atoms with E-state index in [1.54, 1.807) is 6.07 Å². The number of rotatable bonds is 2. The molecule has 0 bridgehead atoms. The normalized spacial score (nSPS) is 11.9. The number of nitrogens with two attached hydrogens (primary N) is 1. The summed E-state index contributed by atoms with van der Waals surface area (Å²) in [4.78, 5) is 0. The van der Waals surface area contributed by atoms with Crippen molar-refractivity contribution in [2.24, 2.45) is 5.73 Å². The van der Waals surface area contributed by atoms with E-state index in [9.17, 15) is 4.39 Å². The molecule has 1 nitrogen and oxygen atoms in total. The summed E-state index contributed by atoms with van der Waals surface area (Å²) < 4.78 is 13.5. The van der Waals surface area contributed by atoms with Crippen LogP contribution in [-0.4, -0.2) is 5.54 Å². The minimum absolute atomic E-state index is 0.303. The van der Waals surface area contributed by atoms with E-state index in [2.05, 4.69) is 15.9 Å². The van der Waals surface area contributed by atoms with Crippen LogP contribution >= 0.6 is 27.5 Å². The third kappa shape index (κ3) is 3.23. The largest absolute Gasteiger partial charge is 0.325 e. The van der Waals surface area contributed by atoms with Crippen molar-refractivity contribution in [3.05, 3.63) is 33.0 Å². The summed E-state index contributed by atoms with van der Waals surface area (Å²) in [5.41, 5.74) is 6.28. The molecule has 0 fully saturated rings. The second-order valence-electron chi connectivity index (χ2n) is 4.04. The Hall–Kier alpha value is -0.120. The molecule has 1 aromatic carbocycles. The Morgan fingerprint density at radius 2 is 2.07 bits per heavy atom. The maximum absolute atomic E-state index is 13.2. The molecule has 0 spiro atoms. The van der Waals surface area contributed by atoms with Gasteiger partial charge in [0.2, 0.25) is 0 Å². The monoisotopic (exact) mass is 279 g/mol. The van der Waals surface area contributed by atoms with E-state index >= 15 is 0 Å². The predicted molar refractivity (Wildman–Crippen MR) is 61.1 cm³/mol.